The number of amides is 1. The van der Waals surface area contributed by atoms with E-state index in [9.17, 15) is 4.79 Å². The largest absolute Gasteiger partial charge is 0.366 e. The number of carbonyl (C=O) groups excluding carboxylic acids is 1. The van der Waals surface area contributed by atoms with Gasteiger partial charge in [0, 0.05) is 9.50 Å². The van der Waals surface area contributed by atoms with Crippen LogP contribution >= 0.6 is 22.6 Å². The molecule has 0 saturated heterocycles. The van der Waals surface area contributed by atoms with Crippen molar-refractivity contribution in [2.45, 2.75) is 62.2 Å². The van der Waals surface area contributed by atoms with Crippen molar-refractivity contribution in [1.82, 2.24) is 0 Å². The van der Waals surface area contributed by atoms with Crippen LogP contribution in [0.15, 0.2) is 12.2 Å². The zero-order valence-electron chi connectivity index (χ0n) is 10.3. The molecule has 0 aliphatic rings. The maximum absolute atomic E-state index is 10.9. The zero-order valence-corrected chi connectivity index (χ0v) is 12.5. The molecule has 1 atom stereocenters. The molecule has 2 N–H and O–H groups in total. The third kappa shape index (κ3) is 8.13. The van der Waals surface area contributed by atoms with Crippen molar-refractivity contribution in [2.24, 2.45) is 5.73 Å². The van der Waals surface area contributed by atoms with Crippen LogP contribution in [-0.2, 0) is 4.79 Å². The zero-order chi connectivity index (χ0) is 12.4. The Hall–Kier alpha value is -0.0600. The molecular weight excluding hydrogens is 313 g/mol. The molecule has 0 fully saturated rings. The number of hydrogen-bond acceptors (Lipinski definition) is 1. The molecule has 0 spiro atoms. The lowest BCUT2D eigenvalue weighted by Gasteiger charge is -2.09. The van der Waals surface area contributed by atoms with E-state index in [0.29, 0.717) is 5.57 Å². The molecule has 94 valence electrons. The highest BCUT2D eigenvalue weighted by molar-refractivity contribution is 14.1. The van der Waals surface area contributed by atoms with Crippen molar-refractivity contribution in [3.8, 4) is 0 Å². The van der Waals surface area contributed by atoms with Gasteiger partial charge in [0.1, 0.15) is 0 Å². The number of unbranched alkanes of at least 4 members (excludes halogenated alkanes) is 6. The van der Waals surface area contributed by atoms with Crippen LogP contribution in [0.5, 0.6) is 0 Å². The molecule has 0 aromatic carbocycles. The summed E-state index contributed by atoms with van der Waals surface area (Å²) in [6.07, 6.45) is 10.1. The number of rotatable bonds is 10. The fourth-order valence-corrected chi connectivity index (χ4v) is 2.36. The first-order valence-corrected chi connectivity index (χ1v) is 7.46. The number of halogens is 1. The van der Waals surface area contributed by atoms with Gasteiger partial charge in [-0.1, -0.05) is 81.0 Å². The fourth-order valence-electron chi connectivity index (χ4n) is 1.61. The molecule has 2 nitrogen and oxygen atoms in total. The van der Waals surface area contributed by atoms with E-state index in [-0.39, 0.29) is 9.83 Å². The van der Waals surface area contributed by atoms with E-state index in [0.717, 1.165) is 6.42 Å². The van der Waals surface area contributed by atoms with E-state index in [1.54, 1.807) is 0 Å². The van der Waals surface area contributed by atoms with Gasteiger partial charge in [0.15, 0.2) is 0 Å². The van der Waals surface area contributed by atoms with E-state index in [1.807, 2.05) is 0 Å². The van der Waals surface area contributed by atoms with Crippen LogP contribution in [0, 0.1) is 0 Å². The normalized spacial score (nSPS) is 12.4. The lowest BCUT2D eigenvalue weighted by molar-refractivity contribution is -0.114. The van der Waals surface area contributed by atoms with Gasteiger partial charge in [-0.2, -0.15) is 0 Å². The SMILES string of the molecule is C=C(C(N)=O)C(I)CCCCCCCCC. The average Bonchev–Trinajstić information content (AvgIpc) is 2.26. The molecule has 0 heterocycles. The smallest absolute Gasteiger partial charge is 0.245 e. The standard InChI is InChI=1S/C13H24INO/c1-3-4-5-6-7-8-9-10-12(14)11(2)13(15)16/h12H,2-10H2,1H3,(H2,15,16). The van der Waals surface area contributed by atoms with Crippen LogP contribution in [-0.4, -0.2) is 9.83 Å². The van der Waals surface area contributed by atoms with Gasteiger partial charge < -0.3 is 5.73 Å². The minimum atomic E-state index is -0.359. The van der Waals surface area contributed by atoms with Crippen molar-refractivity contribution in [2.75, 3.05) is 0 Å². The minimum Gasteiger partial charge on any atom is -0.366 e. The summed E-state index contributed by atoms with van der Waals surface area (Å²) in [5.41, 5.74) is 5.74. The second kappa shape index (κ2) is 10.1. The number of nitrogens with two attached hydrogens (primary N) is 1. The van der Waals surface area contributed by atoms with Crippen molar-refractivity contribution < 1.29 is 4.79 Å². The summed E-state index contributed by atoms with van der Waals surface area (Å²) < 4.78 is 0.214. The molecule has 0 aliphatic carbocycles. The van der Waals surface area contributed by atoms with Gasteiger partial charge in [0.2, 0.25) is 5.91 Å². The molecule has 3 heteroatoms. The second-order valence-electron chi connectivity index (χ2n) is 4.27. The van der Waals surface area contributed by atoms with Crippen LogP contribution in [0.4, 0.5) is 0 Å². The Morgan fingerprint density at radius 2 is 1.69 bits per heavy atom. The van der Waals surface area contributed by atoms with Crippen molar-refractivity contribution in [3.05, 3.63) is 12.2 Å². The quantitative estimate of drug-likeness (QED) is 0.279. The number of alkyl halides is 1. The predicted molar refractivity (Wildman–Crippen MR) is 78.8 cm³/mol. The van der Waals surface area contributed by atoms with Gasteiger partial charge in [-0.25, -0.2) is 0 Å². The summed E-state index contributed by atoms with van der Waals surface area (Å²) in [5.74, 6) is -0.359. The summed E-state index contributed by atoms with van der Waals surface area (Å²) >= 11 is 2.26. The molecule has 1 unspecified atom stereocenters. The van der Waals surface area contributed by atoms with Crippen molar-refractivity contribution in [1.29, 1.82) is 0 Å². The van der Waals surface area contributed by atoms with Crippen molar-refractivity contribution >= 4 is 28.5 Å². The van der Waals surface area contributed by atoms with Crippen LogP contribution in [0.2, 0.25) is 0 Å². The molecule has 16 heavy (non-hydrogen) atoms. The lowest BCUT2D eigenvalue weighted by Crippen LogP contribution is -2.19. The summed E-state index contributed by atoms with van der Waals surface area (Å²) in [6, 6.07) is 0. The highest BCUT2D eigenvalue weighted by Crippen LogP contribution is 2.19. The van der Waals surface area contributed by atoms with Gasteiger partial charge in [0.05, 0.1) is 0 Å². The lowest BCUT2D eigenvalue weighted by atomic mass is 10.0. The summed E-state index contributed by atoms with van der Waals surface area (Å²) in [6.45, 7) is 5.94. The van der Waals surface area contributed by atoms with Gasteiger partial charge in [-0.3, -0.25) is 4.79 Å². The van der Waals surface area contributed by atoms with Gasteiger partial charge in [-0.15, -0.1) is 0 Å². The molecule has 0 aliphatic heterocycles. The maximum Gasteiger partial charge on any atom is 0.245 e. The highest BCUT2D eigenvalue weighted by atomic mass is 127. The molecular formula is C13H24INO. The molecule has 0 bridgehead atoms. The Bertz CT molecular complexity index is 216. The van der Waals surface area contributed by atoms with E-state index < -0.39 is 0 Å². The van der Waals surface area contributed by atoms with E-state index in [2.05, 4.69) is 36.1 Å². The van der Waals surface area contributed by atoms with Crippen LogP contribution < -0.4 is 5.73 Å². The Labute approximate surface area is 113 Å². The third-order valence-electron chi connectivity index (χ3n) is 2.76. The average molecular weight is 337 g/mol. The Morgan fingerprint density at radius 1 is 1.19 bits per heavy atom. The monoisotopic (exact) mass is 337 g/mol. The van der Waals surface area contributed by atoms with Gasteiger partial charge >= 0.3 is 0 Å². The third-order valence-corrected chi connectivity index (χ3v) is 4.13. The molecule has 0 saturated carbocycles. The minimum absolute atomic E-state index is 0.214. The van der Waals surface area contributed by atoms with Gasteiger partial charge in [-0.05, 0) is 6.42 Å². The summed E-state index contributed by atoms with van der Waals surface area (Å²) in [7, 11) is 0. The summed E-state index contributed by atoms with van der Waals surface area (Å²) in [4.78, 5) is 10.9. The fraction of sp³-hybridized carbons (Fsp3) is 0.769. The molecule has 0 radical (unpaired) electrons. The van der Waals surface area contributed by atoms with E-state index >= 15 is 0 Å². The predicted octanol–water partition coefficient (Wildman–Crippen LogP) is 3.97. The first kappa shape index (κ1) is 15.9. The molecule has 0 aromatic rings. The Kier molecular flexibility index (Phi) is 10.1. The first-order chi connectivity index (χ1) is 7.59. The van der Waals surface area contributed by atoms with E-state index in [4.69, 9.17) is 5.73 Å². The molecule has 0 rings (SSSR count). The van der Waals surface area contributed by atoms with E-state index in [1.165, 1.54) is 44.9 Å². The molecule has 0 aromatic heterocycles. The number of carbonyl (C=O) groups is 1. The number of primary amides is 1. The van der Waals surface area contributed by atoms with Crippen LogP contribution in [0.3, 0.4) is 0 Å². The van der Waals surface area contributed by atoms with Crippen molar-refractivity contribution in [3.63, 3.8) is 0 Å². The van der Waals surface area contributed by atoms with Gasteiger partial charge in [0.25, 0.3) is 0 Å². The van der Waals surface area contributed by atoms with Crippen LogP contribution in [0.1, 0.15) is 58.3 Å². The topological polar surface area (TPSA) is 43.1 Å². The molecule has 1 amide bonds. The Balaban J connectivity index is 3.38. The highest BCUT2D eigenvalue weighted by Gasteiger charge is 2.12. The first-order valence-electron chi connectivity index (χ1n) is 6.22. The summed E-state index contributed by atoms with van der Waals surface area (Å²) in [5, 5.41) is 0. The Morgan fingerprint density at radius 3 is 2.19 bits per heavy atom. The van der Waals surface area contributed by atoms with Crippen LogP contribution in [0.25, 0.3) is 0 Å². The maximum atomic E-state index is 10.9. The second-order valence-corrected chi connectivity index (χ2v) is 5.77. The number of hydrogen-bond donors (Lipinski definition) is 1.